The van der Waals surface area contributed by atoms with Gasteiger partial charge >= 0.3 is 0 Å². The predicted molar refractivity (Wildman–Crippen MR) is 190 cm³/mol. The molecule has 9 aromatic rings. The number of furan rings is 1. The summed E-state index contributed by atoms with van der Waals surface area (Å²) in [5, 5.41) is 4.37. The normalized spacial score (nSPS) is 10.8. The van der Waals surface area contributed by atoms with Crippen molar-refractivity contribution in [3.8, 4) is 44.8 Å². The standard InChI is InChI=1S/C32H19N2O.C11H8N.Ir/c1-2-8-21(9-3-1)23-18-27(24-11-6-10-22-15-17-33-20-29(22)24)32-28(19-23)25-12-7-13-26(31(25)35-32)30-14-4-5-16-34-30;1-2-6-10(7-3-1)11-8-4-5-9-12-11;/h1-12,14-20H;1-6,8-9H;/q2*-1;. The number of rotatable bonds is 4. The third-order valence-corrected chi connectivity index (χ3v) is 8.18. The van der Waals surface area contributed by atoms with Crippen LogP contribution in [-0.2, 0) is 20.1 Å². The fraction of sp³-hybridized carbons (Fsp3) is 0. The number of pyridine rings is 3. The first-order valence-corrected chi connectivity index (χ1v) is 15.4. The van der Waals surface area contributed by atoms with Gasteiger partial charge in [0, 0.05) is 61.2 Å². The Morgan fingerprint density at radius 3 is 2.06 bits per heavy atom. The van der Waals surface area contributed by atoms with E-state index in [1.165, 1.54) is 0 Å². The predicted octanol–water partition coefficient (Wildman–Crippen LogP) is 10.9. The monoisotopic (exact) mass is 794 g/mol. The Balaban J connectivity index is 0.000000237. The first-order valence-electron chi connectivity index (χ1n) is 15.4. The Hall–Kier alpha value is -5.74. The Morgan fingerprint density at radius 1 is 0.500 bits per heavy atom. The molecule has 0 N–H and O–H groups in total. The fourth-order valence-electron chi connectivity index (χ4n) is 5.96. The van der Waals surface area contributed by atoms with E-state index in [0.717, 1.165) is 77.5 Å². The summed E-state index contributed by atoms with van der Waals surface area (Å²) in [5.74, 6) is 0. The number of benzene rings is 5. The minimum atomic E-state index is 0. The average molecular weight is 794 g/mol. The van der Waals surface area contributed by atoms with Crippen LogP contribution in [0.3, 0.4) is 0 Å². The Labute approximate surface area is 292 Å². The molecule has 0 fully saturated rings. The van der Waals surface area contributed by atoms with Gasteiger partial charge in [0.1, 0.15) is 5.58 Å². The van der Waals surface area contributed by atoms with Gasteiger partial charge in [-0.05, 0) is 63.8 Å². The van der Waals surface area contributed by atoms with E-state index in [4.69, 9.17) is 4.42 Å². The van der Waals surface area contributed by atoms with Crippen LogP contribution >= 0.6 is 0 Å². The largest absolute Gasteiger partial charge is 0.500 e. The molecule has 0 aliphatic rings. The van der Waals surface area contributed by atoms with Crippen LogP contribution in [-0.4, -0.2) is 15.0 Å². The molecule has 0 spiro atoms. The van der Waals surface area contributed by atoms with Crippen molar-refractivity contribution in [1.82, 2.24) is 15.0 Å². The number of hydrogen-bond acceptors (Lipinski definition) is 4. The molecule has 5 aromatic carbocycles. The maximum absolute atomic E-state index is 6.67. The molecule has 4 aromatic heterocycles. The number of fused-ring (bicyclic) bond motifs is 4. The molecule has 0 unspecified atom stereocenters. The van der Waals surface area contributed by atoms with Crippen LogP contribution in [0, 0.1) is 12.1 Å². The third-order valence-electron chi connectivity index (χ3n) is 8.18. The summed E-state index contributed by atoms with van der Waals surface area (Å²) in [6.07, 6.45) is 7.35. The van der Waals surface area contributed by atoms with E-state index < -0.39 is 0 Å². The van der Waals surface area contributed by atoms with Gasteiger partial charge in [-0.15, -0.1) is 54.1 Å². The zero-order valence-electron chi connectivity index (χ0n) is 25.7. The first-order chi connectivity index (χ1) is 23.3. The third kappa shape index (κ3) is 6.05. The Kier molecular flexibility index (Phi) is 8.97. The van der Waals surface area contributed by atoms with Crippen molar-refractivity contribution in [2.24, 2.45) is 0 Å². The van der Waals surface area contributed by atoms with Gasteiger partial charge < -0.3 is 14.4 Å². The molecule has 0 amide bonds. The van der Waals surface area contributed by atoms with E-state index >= 15 is 0 Å². The topological polar surface area (TPSA) is 51.8 Å². The number of nitrogens with zero attached hydrogens (tertiary/aromatic N) is 3. The molecule has 0 saturated carbocycles. The van der Waals surface area contributed by atoms with Crippen molar-refractivity contribution in [3.63, 3.8) is 0 Å². The molecule has 9 rings (SSSR count). The Morgan fingerprint density at radius 2 is 1.29 bits per heavy atom. The zero-order valence-corrected chi connectivity index (χ0v) is 28.1. The minimum absolute atomic E-state index is 0. The molecular weight excluding hydrogens is 767 g/mol. The first kappa shape index (κ1) is 30.9. The molecule has 1 radical (unpaired) electrons. The van der Waals surface area contributed by atoms with Crippen molar-refractivity contribution >= 4 is 32.7 Å². The summed E-state index contributed by atoms with van der Waals surface area (Å²) in [4.78, 5) is 13.2. The van der Waals surface area contributed by atoms with E-state index in [2.05, 4.69) is 87.7 Å². The average Bonchev–Trinajstić information content (AvgIpc) is 3.55. The maximum atomic E-state index is 6.67. The molecule has 5 heteroatoms. The molecule has 231 valence electrons. The van der Waals surface area contributed by atoms with Gasteiger partial charge in [0.2, 0.25) is 0 Å². The summed E-state index contributed by atoms with van der Waals surface area (Å²) in [5.41, 5.74) is 9.82. The van der Waals surface area contributed by atoms with Crippen LogP contribution in [0.4, 0.5) is 0 Å². The number of aromatic nitrogens is 3. The van der Waals surface area contributed by atoms with E-state index in [1.54, 1.807) is 12.4 Å². The molecule has 48 heavy (non-hydrogen) atoms. The molecule has 4 nitrogen and oxygen atoms in total. The summed E-state index contributed by atoms with van der Waals surface area (Å²) < 4.78 is 6.67. The second kappa shape index (κ2) is 13.9. The molecule has 4 heterocycles. The Bertz CT molecular complexity index is 2400. The van der Waals surface area contributed by atoms with Crippen molar-refractivity contribution < 1.29 is 24.5 Å². The van der Waals surface area contributed by atoms with Gasteiger partial charge in [0.05, 0.1) is 5.58 Å². The molecular formula is C43H27IrN3O-2. The second-order valence-electron chi connectivity index (χ2n) is 11.1. The SMILES string of the molecule is [Ir].[c-]1ccc2c(oc3c(-c4cccc5ccncc45)cc(-c4ccccc4)cc32)c1-c1ccccn1.[c-]1ccccc1-c1ccccn1. The van der Waals surface area contributed by atoms with Gasteiger partial charge in [-0.25, -0.2) is 0 Å². The van der Waals surface area contributed by atoms with Crippen molar-refractivity contribution in [2.45, 2.75) is 0 Å². The van der Waals surface area contributed by atoms with E-state index in [-0.39, 0.29) is 20.1 Å². The van der Waals surface area contributed by atoms with Gasteiger partial charge in [0.25, 0.3) is 0 Å². The van der Waals surface area contributed by atoms with Crippen molar-refractivity contribution in [2.75, 3.05) is 0 Å². The molecule has 0 aliphatic heterocycles. The summed E-state index contributed by atoms with van der Waals surface area (Å²) in [7, 11) is 0. The van der Waals surface area contributed by atoms with Gasteiger partial charge in [-0.1, -0.05) is 83.7 Å². The quantitative estimate of drug-likeness (QED) is 0.167. The summed E-state index contributed by atoms with van der Waals surface area (Å²) >= 11 is 0. The van der Waals surface area contributed by atoms with Crippen LogP contribution in [0.2, 0.25) is 0 Å². The van der Waals surface area contributed by atoms with Gasteiger partial charge in [-0.2, -0.15) is 0 Å². The second-order valence-corrected chi connectivity index (χ2v) is 11.1. The fourth-order valence-corrected chi connectivity index (χ4v) is 5.96. The van der Waals surface area contributed by atoms with Crippen LogP contribution in [0.25, 0.3) is 77.5 Å². The van der Waals surface area contributed by atoms with E-state index in [9.17, 15) is 0 Å². The molecule has 0 bridgehead atoms. The van der Waals surface area contributed by atoms with Crippen LogP contribution in [0.15, 0.2) is 169 Å². The van der Waals surface area contributed by atoms with Crippen LogP contribution in [0.5, 0.6) is 0 Å². The van der Waals surface area contributed by atoms with Gasteiger partial charge in [-0.3, -0.25) is 4.98 Å². The van der Waals surface area contributed by atoms with Crippen LogP contribution in [0.1, 0.15) is 0 Å². The smallest absolute Gasteiger partial charge is 0.128 e. The summed E-state index contributed by atoms with van der Waals surface area (Å²) in [6.45, 7) is 0. The maximum Gasteiger partial charge on any atom is 0.128 e. The number of hydrogen-bond donors (Lipinski definition) is 0. The van der Waals surface area contributed by atoms with E-state index in [1.807, 2.05) is 91.3 Å². The van der Waals surface area contributed by atoms with Gasteiger partial charge in [0.15, 0.2) is 0 Å². The molecule has 0 atom stereocenters. The molecule has 0 aliphatic carbocycles. The van der Waals surface area contributed by atoms with Crippen molar-refractivity contribution in [1.29, 1.82) is 0 Å². The molecule has 0 saturated heterocycles. The summed E-state index contributed by atoms with van der Waals surface area (Å²) in [6, 6.07) is 53.4. The zero-order chi connectivity index (χ0) is 31.4. The minimum Gasteiger partial charge on any atom is -0.500 e. The van der Waals surface area contributed by atoms with E-state index in [0.29, 0.717) is 0 Å². The van der Waals surface area contributed by atoms with Crippen molar-refractivity contribution in [3.05, 3.63) is 176 Å². The van der Waals surface area contributed by atoms with Crippen LogP contribution < -0.4 is 0 Å².